The van der Waals surface area contributed by atoms with Crippen molar-refractivity contribution in [3.63, 3.8) is 0 Å². The van der Waals surface area contributed by atoms with Crippen LogP contribution in [0.15, 0.2) is 23.3 Å². The third-order valence-corrected chi connectivity index (χ3v) is 11.6. The summed E-state index contributed by atoms with van der Waals surface area (Å²) in [6, 6.07) is 0. The maximum Gasteiger partial charge on any atom is 0.248 e. The van der Waals surface area contributed by atoms with Gasteiger partial charge in [0, 0.05) is 17.6 Å². The third-order valence-electron chi connectivity index (χ3n) is 11.3. The summed E-state index contributed by atoms with van der Waals surface area (Å²) in [5.41, 5.74) is 1.61. The molecule has 0 aromatic carbocycles. The predicted octanol–water partition coefficient (Wildman–Crippen LogP) is 8.07. The van der Waals surface area contributed by atoms with Crippen LogP contribution in [0, 0.1) is 52.3 Å². The molecule has 0 aromatic rings. The molecule has 0 amide bonds. The molecular weight excluding hydrogens is 491 g/mol. The van der Waals surface area contributed by atoms with Gasteiger partial charge in [-0.3, -0.25) is 9.59 Å². The molecule has 1 unspecified atom stereocenters. The first kappa shape index (κ1) is 28.4. The minimum atomic E-state index is -0.679. The van der Waals surface area contributed by atoms with Crippen molar-refractivity contribution in [2.24, 2.45) is 52.3 Å². The number of rotatable bonds is 8. The normalized spacial score (nSPS) is 41.2. The van der Waals surface area contributed by atoms with Crippen molar-refractivity contribution in [1.29, 1.82) is 0 Å². The standard InChI is InChI=1S/C31H46Cl2O3/c1-18(2)7-6-8-19(3)24-11-12-25-22-10-9-20-15-21(34)16-27(23(29(33)36)17-28(32)35)31(20,5)26(22)13-14-30(24,25)4/h9,17-19,21-22,24-27,34H,6-8,10-16H2,1-5H3/b23-17-/t19-,21-,22+,24-,25+,26+,27?,30-,31+/m1/s1. The zero-order chi connectivity index (χ0) is 26.4. The molecule has 0 radical (unpaired) electrons. The Morgan fingerprint density at radius 3 is 2.47 bits per heavy atom. The molecular formula is C31H46Cl2O3. The zero-order valence-corrected chi connectivity index (χ0v) is 24.4. The van der Waals surface area contributed by atoms with Crippen molar-refractivity contribution >= 4 is 33.7 Å². The second kappa shape index (κ2) is 10.9. The van der Waals surface area contributed by atoms with Gasteiger partial charge in [0.15, 0.2) is 0 Å². The third kappa shape index (κ3) is 5.03. The second-order valence-corrected chi connectivity index (χ2v) is 14.2. The van der Waals surface area contributed by atoms with Crippen LogP contribution in [-0.2, 0) is 9.59 Å². The van der Waals surface area contributed by atoms with Gasteiger partial charge in [0.25, 0.3) is 0 Å². The van der Waals surface area contributed by atoms with Crippen molar-refractivity contribution in [1.82, 2.24) is 0 Å². The van der Waals surface area contributed by atoms with Crippen molar-refractivity contribution in [2.45, 2.75) is 105 Å². The summed E-state index contributed by atoms with van der Waals surface area (Å²) >= 11 is 11.8. The molecule has 3 saturated carbocycles. The van der Waals surface area contributed by atoms with E-state index in [1.807, 2.05) is 0 Å². The molecule has 0 bridgehead atoms. The molecule has 0 heterocycles. The van der Waals surface area contributed by atoms with Gasteiger partial charge in [-0.1, -0.05) is 65.5 Å². The first-order chi connectivity index (χ1) is 16.9. The highest BCUT2D eigenvalue weighted by Crippen LogP contribution is 2.68. The SMILES string of the molecule is CC(C)CCC[C@@H](C)[C@H]1CC[C@H]2[C@@H]3CC=C4C[C@@H](O)CC(/C(=C/C(=O)Cl)C(=O)Cl)[C@]4(C)[C@H]3CC[C@]12C. The molecule has 4 aliphatic carbocycles. The lowest BCUT2D eigenvalue weighted by Crippen LogP contribution is -2.54. The van der Waals surface area contributed by atoms with Crippen molar-refractivity contribution in [2.75, 3.05) is 0 Å². The average Bonchev–Trinajstić information content (AvgIpc) is 3.14. The van der Waals surface area contributed by atoms with Gasteiger partial charge in [-0.15, -0.1) is 0 Å². The van der Waals surface area contributed by atoms with Gasteiger partial charge in [0.1, 0.15) is 0 Å². The number of carbonyl (C=O) groups is 2. The molecule has 0 spiro atoms. The van der Waals surface area contributed by atoms with E-state index in [1.165, 1.54) is 50.2 Å². The van der Waals surface area contributed by atoms with Crippen LogP contribution in [0.3, 0.4) is 0 Å². The number of hydrogen-bond acceptors (Lipinski definition) is 3. The van der Waals surface area contributed by atoms with E-state index < -0.39 is 16.6 Å². The van der Waals surface area contributed by atoms with E-state index in [0.29, 0.717) is 36.0 Å². The Balaban J connectivity index is 1.63. The summed E-state index contributed by atoms with van der Waals surface area (Å²) in [6.07, 6.45) is 14.2. The average molecular weight is 538 g/mol. The lowest BCUT2D eigenvalue weighted by Gasteiger charge is -2.60. The summed E-state index contributed by atoms with van der Waals surface area (Å²) in [5, 5.41) is 9.44. The Hall–Kier alpha value is -0.640. The maximum absolute atomic E-state index is 12.5. The minimum Gasteiger partial charge on any atom is -0.393 e. The minimum absolute atomic E-state index is 0.279. The molecule has 4 rings (SSSR count). The summed E-state index contributed by atoms with van der Waals surface area (Å²) < 4.78 is 0. The number of hydrogen-bond donors (Lipinski definition) is 1. The van der Waals surface area contributed by atoms with Gasteiger partial charge in [-0.05, 0) is 114 Å². The molecule has 9 atom stereocenters. The highest BCUT2D eigenvalue weighted by molar-refractivity contribution is 6.70. The van der Waals surface area contributed by atoms with Gasteiger partial charge in [0.05, 0.1) is 6.10 Å². The molecule has 1 N–H and O–H groups in total. The lowest BCUT2D eigenvalue weighted by molar-refractivity contribution is -0.112. The fourth-order valence-corrected chi connectivity index (χ4v) is 9.93. The van der Waals surface area contributed by atoms with Gasteiger partial charge < -0.3 is 5.11 Å². The highest BCUT2D eigenvalue weighted by atomic mass is 35.5. The van der Waals surface area contributed by atoms with Gasteiger partial charge in [0.2, 0.25) is 10.5 Å². The Labute approximate surface area is 228 Å². The van der Waals surface area contributed by atoms with E-state index in [0.717, 1.165) is 30.6 Å². The first-order valence-electron chi connectivity index (χ1n) is 14.4. The van der Waals surface area contributed by atoms with Crippen LogP contribution in [0.2, 0.25) is 0 Å². The number of aliphatic hydroxyl groups is 1. The summed E-state index contributed by atoms with van der Waals surface area (Å²) in [5.74, 6) is 3.71. The molecule has 3 nitrogen and oxygen atoms in total. The van der Waals surface area contributed by atoms with Crippen LogP contribution in [0.5, 0.6) is 0 Å². The number of aliphatic hydroxyl groups excluding tert-OH is 1. The second-order valence-electron chi connectivity index (χ2n) is 13.5. The van der Waals surface area contributed by atoms with Crippen LogP contribution in [-0.4, -0.2) is 21.7 Å². The Kier molecular flexibility index (Phi) is 8.55. The summed E-state index contributed by atoms with van der Waals surface area (Å²) in [7, 11) is 0. The first-order valence-corrected chi connectivity index (χ1v) is 15.1. The van der Waals surface area contributed by atoms with Crippen LogP contribution < -0.4 is 0 Å². The van der Waals surface area contributed by atoms with Crippen molar-refractivity contribution in [3.05, 3.63) is 23.3 Å². The quantitative estimate of drug-likeness (QED) is 0.194. The van der Waals surface area contributed by atoms with E-state index in [9.17, 15) is 14.7 Å². The number of fused-ring (bicyclic) bond motifs is 5. The van der Waals surface area contributed by atoms with Crippen LogP contribution >= 0.6 is 23.2 Å². The van der Waals surface area contributed by atoms with Crippen molar-refractivity contribution in [3.8, 4) is 0 Å². The van der Waals surface area contributed by atoms with Crippen LogP contribution in [0.1, 0.15) is 98.8 Å². The van der Waals surface area contributed by atoms with E-state index in [1.54, 1.807) is 0 Å². The smallest absolute Gasteiger partial charge is 0.248 e. The number of halogens is 2. The van der Waals surface area contributed by atoms with Crippen LogP contribution in [0.4, 0.5) is 0 Å². The van der Waals surface area contributed by atoms with Gasteiger partial charge in [-0.2, -0.15) is 0 Å². The molecule has 3 fully saturated rings. The van der Waals surface area contributed by atoms with Crippen LogP contribution in [0.25, 0.3) is 0 Å². The number of allylic oxidation sites excluding steroid dienone is 3. The lowest BCUT2D eigenvalue weighted by atomic mass is 9.44. The maximum atomic E-state index is 12.5. The number of carbonyl (C=O) groups excluding carboxylic acids is 2. The van der Waals surface area contributed by atoms with E-state index in [4.69, 9.17) is 23.2 Å². The molecule has 0 aromatic heterocycles. The molecule has 36 heavy (non-hydrogen) atoms. The molecule has 5 heteroatoms. The van der Waals surface area contributed by atoms with Gasteiger partial charge in [-0.25, -0.2) is 0 Å². The van der Waals surface area contributed by atoms with Crippen molar-refractivity contribution < 1.29 is 14.7 Å². The zero-order valence-electron chi connectivity index (χ0n) is 22.9. The largest absolute Gasteiger partial charge is 0.393 e. The molecule has 0 aliphatic heterocycles. The molecule has 4 aliphatic rings. The van der Waals surface area contributed by atoms with E-state index >= 15 is 0 Å². The van der Waals surface area contributed by atoms with E-state index in [2.05, 4.69) is 40.7 Å². The van der Waals surface area contributed by atoms with E-state index in [-0.39, 0.29) is 16.9 Å². The monoisotopic (exact) mass is 536 g/mol. The summed E-state index contributed by atoms with van der Waals surface area (Å²) in [4.78, 5) is 24.4. The predicted molar refractivity (Wildman–Crippen MR) is 148 cm³/mol. The molecule has 202 valence electrons. The fourth-order valence-electron chi connectivity index (χ4n) is 9.63. The highest BCUT2D eigenvalue weighted by Gasteiger charge is 2.61. The Bertz CT molecular complexity index is 923. The topological polar surface area (TPSA) is 54.4 Å². The fraction of sp³-hybridized carbons (Fsp3) is 0.806. The van der Waals surface area contributed by atoms with Gasteiger partial charge >= 0.3 is 0 Å². The Morgan fingerprint density at radius 2 is 1.83 bits per heavy atom. The molecule has 0 saturated heterocycles. The summed E-state index contributed by atoms with van der Waals surface area (Å²) in [6.45, 7) is 12.0. The Morgan fingerprint density at radius 1 is 1.11 bits per heavy atom.